The summed E-state index contributed by atoms with van der Waals surface area (Å²) in [5, 5.41) is 6.25. The van der Waals surface area contributed by atoms with Crippen LogP contribution in [-0.4, -0.2) is 26.5 Å². The normalized spacial score (nSPS) is 21.1. The molecule has 164 valence electrons. The number of benzene rings is 1. The number of nitrogens with one attached hydrogen (secondary N) is 2. The van der Waals surface area contributed by atoms with Gasteiger partial charge in [0.1, 0.15) is 11.9 Å². The van der Waals surface area contributed by atoms with Gasteiger partial charge in [0, 0.05) is 36.1 Å². The first-order valence-corrected chi connectivity index (χ1v) is 10.9. The molecule has 0 radical (unpaired) electrons. The van der Waals surface area contributed by atoms with Crippen molar-refractivity contribution < 1.29 is 4.79 Å². The van der Waals surface area contributed by atoms with Crippen molar-refractivity contribution in [2.24, 2.45) is 0 Å². The van der Waals surface area contributed by atoms with Crippen LogP contribution in [-0.2, 0) is 17.8 Å². The number of pyridine rings is 1. The van der Waals surface area contributed by atoms with Crippen LogP contribution in [0, 0.1) is 6.92 Å². The summed E-state index contributed by atoms with van der Waals surface area (Å²) in [4.78, 5) is 34.7. The highest BCUT2D eigenvalue weighted by Crippen LogP contribution is 2.42. The summed E-state index contributed by atoms with van der Waals surface area (Å²) in [5.41, 5.74) is 9.20. The van der Waals surface area contributed by atoms with Gasteiger partial charge < -0.3 is 16.4 Å². The molecule has 8 nitrogen and oxygen atoms in total. The Labute approximate surface area is 185 Å². The lowest BCUT2D eigenvalue weighted by Gasteiger charge is -2.16. The minimum atomic E-state index is -0.535. The van der Waals surface area contributed by atoms with Gasteiger partial charge in [-0.25, -0.2) is 9.97 Å². The number of hydrogen-bond donors (Lipinski definition) is 3. The zero-order valence-corrected chi connectivity index (χ0v) is 17.9. The average Bonchev–Trinajstić information content (AvgIpc) is 3.42. The van der Waals surface area contributed by atoms with Gasteiger partial charge in [-0.1, -0.05) is 36.4 Å². The lowest BCUT2D eigenvalue weighted by Crippen LogP contribution is -2.36. The fraction of sp³-hybridized carbons (Fsp3) is 0.333. The van der Waals surface area contributed by atoms with Gasteiger partial charge in [-0.15, -0.1) is 0 Å². The largest absolute Gasteiger partial charge is 0.384 e. The lowest BCUT2D eigenvalue weighted by atomic mass is 10.1. The highest BCUT2D eigenvalue weighted by atomic mass is 16.2. The third-order valence-corrected chi connectivity index (χ3v) is 6.37. The van der Waals surface area contributed by atoms with Crippen molar-refractivity contribution in [3.8, 4) is 0 Å². The number of fused-ring (bicyclic) bond motifs is 1. The molecule has 1 aliphatic carbocycles. The van der Waals surface area contributed by atoms with Crippen LogP contribution in [0.5, 0.6) is 0 Å². The first-order valence-electron chi connectivity index (χ1n) is 10.9. The van der Waals surface area contributed by atoms with Crippen LogP contribution >= 0.6 is 0 Å². The maximum Gasteiger partial charge on any atom is 0.294 e. The van der Waals surface area contributed by atoms with E-state index in [0.717, 1.165) is 23.4 Å². The van der Waals surface area contributed by atoms with Crippen molar-refractivity contribution in [3.63, 3.8) is 0 Å². The number of hydrogen-bond acceptors (Lipinski definition) is 6. The second-order valence-electron chi connectivity index (χ2n) is 8.53. The SMILES string of the molecule is Cc1nc(N)ccc1CNC(=O)[C@@H]1CCc2cnc(NC3CC3c3ccccc3)c(=O)n21. The third kappa shape index (κ3) is 3.84. The van der Waals surface area contributed by atoms with Gasteiger partial charge in [0.15, 0.2) is 5.82 Å². The second-order valence-corrected chi connectivity index (χ2v) is 8.53. The van der Waals surface area contributed by atoms with E-state index in [1.54, 1.807) is 16.8 Å². The van der Waals surface area contributed by atoms with Crippen LogP contribution in [0.15, 0.2) is 53.5 Å². The Morgan fingerprint density at radius 1 is 1.22 bits per heavy atom. The summed E-state index contributed by atoms with van der Waals surface area (Å²) in [6.45, 7) is 2.20. The lowest BCUT2D eigenvalue weighted by molar-refractivity contribution is -0.124. The standard InChI is InChI=1S/C24H26N6O2/c1-14-16(7-10-21(25)28-14)12-27-23(31)20-9-8-17-13-26-22(24(32)30(17)20)29-19-11-18(19)15-5-3-2-4-6-15/h2-7,10,13,18-20H,8-9,11-12H2,1H3,(H2,25,28)(H,26,29)(H,27,31)/t18?,19?,20-/m0/s1. The van der Waals surface area contributed by atoms with E-state index in [9.17, 15) is 9.59 Å². The molecule has 1 fully saturated rings. The van der Waals surface area contributed by atoms with Crippen LogP contribution in [0.1, 0.15) is 47.3 Å². The highest BCUT2D eigenvalue weighted by Gasteiger charge is 2.39. The van der Waals surface area contributed by atoms with Crippen LogP contribution < -0.4 is 21.9 Å². The average molecular weight is 431 g/mol. The zero-order valence-electron chi connectivity index (χ0n) is 17.9. The maximum atomic E-state index is 13.2. The Balaban J connectivity index is 1.29. The van der Waals surface area contributed by atoms with E-state index in [-0.39, 0.29) is 17.5 Å². The number of nitrogens with two attached hydrogens (primary N) is 1. The number of nitrogens with zero attached hydrogens (tertiary/aromatic N) is 3. The Kier molecular flexibility index (Phi) is 5.13. The van der Waals surface area contributed by atoms with Crippen LogP contribution in [0.2, 0.25) is 0 Å². The minimum Gasteiger partial charge on any atom is -0.384 e. The Morgan fingerprint density at radius 3 is 2.81 bits per heavy atom. The number of rotatable bonds is 6. The van der Waals surface area contributed by atoms with Gasteiger partial charge in [0.25, 0.3) is 5.56 Å². The van der Waals surface area contributed by atoms with Crippen LogP contribution in [0.3, 0.4) is 0 Å². The summed E-state index contributed by atoms with van der Waals surface area (Å²) >= 11 is 0. The predicted molar refractivity (Wildman–Crippen MR) is 122 cm³/mol. The first-order chi connectivity index (χ1) is 15.5. The molecule has 0 bridgehead atoms. The van der Waals surface area contributed by atoms with Crippen molar-refractivity contribution in [3.05, 3.63) is 81.5 Å². The van der Waals surface area contributed by atoms with Gasteiger partial charge in [-0.3, -0.25) is 14.2 Å². The van der Waals surface area contributed by atoms with E-state index in [0.29, 0.717) is 36.9 Å². The molecule has 3 aromatic rings. The molecule has 1 amide bonds. The molecule has 5 rings (SSSR count). The molecule has 2 aromatic heterocycles. The molecular weight excluding hydrogens is 404 g/mol. The molecule has 1 saturated carbocycles. The molecule has 8 heteroatoms. The zero-order chi connectivity index (χ0) is 22.2. The second kappa shape index (κ2) is 8.11. The topological polar surface area (TPSA) is 115 Å². The van der Waals surface area contributed by atoms with E-state index in [1.165, 1.54) is 5.56 Å². The molecule has 32 heavy (non-hydrogen) atoms. The molecule has 3 atom stereocenters. The monoisotopic (exact) mass is 430 g/mol. The number of anilines is 2. The van der Waals surface area contributed by atoms with Gasteiger partial charge in [-0.05, 0) is 43.4 Å². The van der Waals surface area contributed by atoms with E-state index in [2.05, 4.69) is 32.7 Å². The molecule has 2 aliphatic rings. The third-order valence-electron chi connectivity index (χ3n) is 6.37. The molecule has 1 aliphatic heterocycles. The van der Waals surface area contributed by atoms with E-state index < -0.39 is 6.04 Å². The van der Waals surface area contributed by atoms with Crippen molar-refractivity contribution in [1.82, 2.24) is 19.9 Å². The highest BCUT2D eigenvalue weighted by molar-refractivity contribution is 5.81. The number of carbonyl (C=O) groups is 1. The van der Waals surface area contributed by atoms with Crippen molar-refractivity contribution >= 4 is 17.5 Å². The number of nitrogen functional groups attached to an aromatic ring is 1. The number of carbonyl (C=O) groups excluding carboxylic acids is 1. The summed E-state index contributed by atoms with van der Waals surface area (Å²) in [6, 6.07) is 13.5. The summed E-state index contributed by atoms with van der Waals surface area (Å²) < 4.78 is 1.60. The van der Waals surface area contributed by atoms with Crippen molar-refractivity contribution in [1.29, 1.82) is 0 Å². The smallest absolute Gasteiger partial charge is 0.294 e. The summed E-state index contributed by atoms with van der Waals surface area (Å²) in [5.74, 6) is 0.973. The molecule has 2 unspecified atom stereocenters. The molecule has 4 N–H and O–H groups in total. The van der Waals surface area contributed by atoms with Gasteiger partial charge in [-0.2, -0.15) is 0 Å². The van der Waals surface area contributed by atoms with E-state index in [4.69, 9.17) is 5.73 Å². The Bertz CT molecular complexity index is 1220. The number of amides is 1. The van der Waals surface area contributed by atoms with E-state index >= 15 is 0 Å². The predicted octanol–water partition coefficient (Wildman–Crippen LogP) is 2.30. The van der Waals surface area contributed by atoms with Gasteiger partial charge in [0.2, 0.25) is 5.91 Å². The summed E-state index contributed by atoms with van der Waals surface area (Å²) in [7, 11) is 0. The van der Waals surface area contributed by atoms with Crippen LogP contribution in [0.4, 0.5) is 11.6 Å². The molecule has 1 aromatic carbocycles. The fourth-order valence-electron chi connectivity index (χ4n) is 4.48. The molecule has 3 heterocycles. The summed E-state index contributed by atoms with van der Waals surface area (Å²) in [6.07, 6.45) is 3.91. The maximum absolute atomic E-state index is 13.2. The first kappa shape index (κ1) is 20.2. The molecule has 0 saturated heterocycles. The van der Waals surface area contributed by atoms with Crippen LogP contribution in [0.25, 0.3) is 0 Å². The van der Waals surface area contributed by atoms with Gasteiger partial charge in [0.05, 0.1) is 0 Å². The number of aryl methyl sites for hydroxylation is 2. The molecule has 0 spiro atoms. The van der Waals surface area contributed by atoms with Gasteiger partial charge >= 0.3 is 0 Å². The quantitative estimate of drug-likeness (QED) is 0.553. The Morgan fingerprint density at radius 2 is 2.03 bits per heavy atom. The van der Waals surface area contributed by atoms with E-state index in [1.807, 2.05) is 31.2 Å². The Hall–Kier alpha value is -3.68. The van der Waals surface area contributed by atoms with Crippen molar-refractivity contribution in [2.45, 2.75) is 50.7 Å². The number of aromatic nitrogens is 3. The minimum absolute atomic E-state index is 0.173. The van der Waals surface area contributed by atoms with Crippen molar-refractivity contribution in [2.75, 3.05) is 11.1 Å². The fourth-order valence-corrected chi connectivity index (χ4v) is 4.48. The molecular formula is C24H26N6O2.